The van der Waals surface area contributed by atoms with Crippen molar-refractivity contribution in [2.75, 3.05) is 32.0 Å². The van der Waals surface area contributed by atoms with Crippen molar-refractivity contribution < 1.29 is 14.7 Å². The number of aromatic nitrogens is 2. The number of hydrogen-bond donors (Lipinski definition) is 2. The molecule has 8 nitrogen and oxygen atoms in total. The van der Waals surface area contributed by atoms with Crippen LogP contribution in [0.25, 0.3) is 11.4 Å². The first-order valence-corrected chi connectivity index (χ1v) is 12.0. The van der Waals surface area contributed by atoms with Crippen LogP contribution in [0.2, 0.25) is 0 Å². The summed E-state index contributed by atoms with van der Waals surface area (Å²) in [6.07, 6.45) is 4.76. The molecule has 182 valence electrons. The summed E-state index contributed by atoms with van der Waals surface area (Å²) >= 11 is 0. The maximum absolute atomic E-state index is 13.5. The SMILES string of the molecule is CN(C(=O)Cc1ccc2c(c1)NC(=O)C2)[C@H](CN1CC[C@H](O)C1)c1cccc(-c2nccn2C)c1. The second kappa shape index (κ2) is 9.64. The fourth-order valence-electron chi connectivity index (χ4n) is 5.05. The number of aliphatic hydroxyl groups is 1. The number of carbonyl (C=O) groups is 2. The molecule has 0 unspecified atom stereocenters. The quantitative estimate of drug-likeness (QED) is 0.550. The van der Waals surface area contributed by atoms with Crippen molar-refractivity contribution in [1.82, 2.24) is 19.4 Å². The van der Waals surface area contributed by atoms with E-state index < -0.39 is 0 Å². The molecule has 0 saturated carbocycles. The maximum Gasteiger partial charge on any atom is 0.228 e. The Morgan fingerprint density at radius 3 is 2.89 bits per heavy atom. The average Bonchev–Trinajstić information content (AvgIpc) is 3.55. The van der Waals surface area contributed by atoms with E-state index >= 15 is 0 Å². The third kappa shape index (κ3) is 4.99. The molecule has 0 radical (unpaired) electrons. The zero-order valence-corrected chi connectivity index (χ0v) is 20.1. The Balaban J connectivity index is 1.40. The summed E-state index contributed by atoms with van der Waals surface area (Å²) in [5.41, 5.74) is 4.67. The first-order chi connectivity index (χ1) is 16.9. The van der Waals surface area contributed by atoms with Gasteiger partial charge in [-0.25, -0.2) is 4.98 Å². The van der Waals surface area contributed by atoms with Gasteiger partial charge in [0.25, 0.3) is 0 Å². The molecule has 1 saturated heterocycles. The van der Waals surface area contributed by atoms with Gasteiger partial charge in [0.05, 0.1) is 25.0 Å². The Kier molecular flexibility index (Phi) is 6.40. The minimum atomic E-state index is -0.322. The van der Waals surface area contributed by atoms with Gasteiger partial charge in [0.1, 0.15) is 5.82 Å². The monoisotopic (exact) mass is 473 g/mol. The van der Waals surface area contributed by atoms with Crippen molar-refractivity contribution in [2.24, 2.45) is 7.05 Å². The molecule has 3 heterocycles. The number of likely N-dealkylation sites (N-methyl/N-ethyl adjacent to an activating group) is 1. The highest BCUT2D eigenvalue weighted by Crippen LogP contribution is 2.29. The van der Waals surface area contributed by atoms with E-state index in [1.165, 1.54) is 0 Å². The van der Waals surface area contributed by atoms with Crippen LogP contribution in [0.15, 0.2) is 54.9 Å². The highest BCUT2D eigenvalue weighted by Gasteiger charge is 2.29. The summed E-state index contributed by atoms with van der Waals surface area (Å²) < 4.78 is 1.98. The fraction of sp³-hybridized carbons (Fsp3) is 0.370. The lowest BCUT2D eigenvalue weighted by Crippen LogP contribution is -2.39. The molecule has 0 aliphatic carbocycles. The van der Waals surface area contributed by atoms with Crippen molar-refractivity contribution in [3.05, 3.63) is 71.5 Å². The van der Waals surface area contributed by atoms with Crippen LogP contribution < -0.4 is 5.32 Å². The minimum Gasteiger partial charge on any atom is -0.392 e. The van der Waals surface area contributed by atoms with Gasteiger partial charge < -0.3 is 19.9 Å². The Labute approximate surface area is 205 Å². The number of hydrogen-bond acceptors (Lipinski definition) is 5. The zero-order valence-electron chi connectivity index (χ0n) is 20.1. The molecular weight excluding hydrogens is 442 g/mol. The smallest absolute Gasteiger partial charge is 0.228 e. The summed E-state index contributed by atoms with van der Waals surface area (Å²) in [6.45, 7) is 2.06. The highest BCUT2D eigenvalue weighted by molar-refractivity contribution is 5.99. The molecule has 1 fully saturated rings. The molecule has 1 aromatic heterocycles. The predicted molar refractivity (Wildman–Crippen MR) is 134 cm³/mol. The number of nitrogens with one attached hydrogen (secondary N) is 1. The van der Waals surface area contributed by atoms with Gasteiger partial charge >= 0.3 is 0 Å². The number of carbonyl (C=O) groups excluding carboxylic acids is 2. The molecular formula is C27H31N5O3. The molecule has 2 aliphatic heterocycles. The van der Waals surface area contributed by atoms with E-state index in [1.54, 1.807) is 6.20 Å². The van der Waals surface area contributed by atoms with E-state index in [2.05, 4.69) is 27.3 Å². The number of amides is 2. The molecule has 35 heavy (non-hydrogen) atoms. The van der Waals surface area contributed by atoms with Crippen molar-refractivity contribution >= 4 is 17.5 Å². The Morgan fingerprint density at radius 1 is 1.29 bits per heavy atom. The molecule has 0 bridgehead atoms. The van der Waals surface area contributed by atoms with Gasteiger partial charge in [-0.05, 0) is 35.2 Å². The molecule has 8 heteroatoms. The van der Waals surface area contributed by atoms with Crippen LogP contribution in [0.4, 0.5) is 5.69 Å². The fourth-order valence-corrected chi connectivity index (χ4v) is 5.05. The number of aliphatic hydroxyl groups excluding tert-OH is 1. The number of benzene rings is 2. The molecule has 0 spiro atoms. The van der Waals surface area contributed by atoms with Gasteiger partial charge in [-0.3, -0.25) is 14.5 Å². The van der Waals surface area contributed by atoms with Crippen LogP contribution in [0.1, 0.15) is 29.2 Å². The van der Waals surface area contributed by atoms with Crippen LogP contribution in [0.3, 0.4) is 0 Å². The van der Waals surface area contributed by atoms with Crippen molar-refractivity contribution in [1.29, 1.82) is 0 Å². The number of rotatable bonds is 7. The van der Waals surface area contributed by atoms with Crippen LogP contribution in [-0.4, -0.2) is 69.1 Å². The average molecular weight is 474 g/mol. The molecule has 2 aliphatic rings. The van der Waals surface area contributed by atoms with Gasteiger partial charge in [0.15, 0.2) is 0 Å². The second-order valence-electron chi connectivity index (χ2n) is 9.60. The van der Waals surface area contributed by atoms with Gasteiger partial charge in [-0.2, -0.15) is 0 Å². The van der Waals surface area contributed by atoms with Crippen LogP contribution in [0.5, 0.6) is 0 Å². The molecule has 2 N–H and O–H groups in total. The van der Waals surface area contributed by atoms with E-state index in [0.29, 0.717) is 19.5 Å². The number of β-amino-alcohol motifs (C(OH)–C–C–N with tert-alkyl or cyclic N) is 1. The Bertz CT molecular complexity index is 1250. The Hall–Kier alpha value is -3.49. The van der Waals surface area contributed by atoms with Crippen LogP contribution in [-0.2, 0) is 29.5 Å². The molecule has 5 rings (SSSR count). The highest BCUT2D eigenvalue weighted by atomic mass is 16.3. The molecule has 2 aromatic carbocycles. The van der Waals surface area contributed by atoms with Gasteiger partial charge in [0.2, 0.25) is 11.8 Å². The van der Waals surface area contributed by atoms with E-state index in [1.807, 2.05) is 60.1 Å². The second-order valence-corrected chi connectivity index (χ2v) is 9.60. The summed E-state index contributed by atoms with van der Waals surface area (Å²) in [4.78, 5) is 33.7. The van der Waals surface area contributed by atoms with Crippen molar-refractivity contribution in [3.8, 4) is 11.4 Å². The lowest BCUT2D eigenvalue weighted by atomic mass is 10.0. The predicted octanol–water partition coefficient (Wildman–Crippen LogP) is 2.39. The molecule has 2 amide bonds. The van der Waals surface area contributed by atoms with Crippen LogP contribution in [0, 0.1) is 0 Å². The van der Waals surface area contributed by atoms with Gasteiger partial charge in [-0.1, -0.05) is 30.3 Å². The van der Waals surface area contributed by atoms with Gasteiger partial charge in [-0.15, -0.1) is 0 Å². The summed E-state index contributed by atoms with van der Waals surface area (Å²) in [7, 11) is 3.81. The standard InChI is InChI=1S/C27H31N5O3/c1-30-11-9-28-27(30)21-5-3-4-20(14-21)24(17-32-10-8-22(33)16-32)31(2)26(35)13-18-6-7-19-15-25(34)29-23(19)12-18/h3-7,9,11-12,14,22,24,33H,8,10,13,15-17H2,1-2H3,(H,29,34)/t22-,24+/m0/s1. The van der Waals surface area contributed by atoms with Crippen molar-refractivity contribution in [2.45, 2.75) is 31.4 Å². The lowest BCUT2D eigenvalue weighted by molar-refractivity contribution is -0.131. The van der Waals surface area contributed by atoms with Crippen molar-refractivity contribution in [3.63, 3.8) is 0 Å². The number of aryl methyl sites for hydroxylation is 1. The van der Waals surface area contributed by atoms with E-state index in [4.69, 9.17) is 0 Å². The summed E-state index contributed by atoms with van der Waals surface area (Å²) in [6, 6.07) is 13.8. The topological polar surface area (TPSA) is 90.7 Å². The maximum atomic E-state index is 13.5. The number of imidazole rings is 1. The largest absolute Gasteiger partial charge is 0.392 e. The summed E-state index contributed by atoms with van der Waals surface area (Å²) in [5.74, 6) is 0.860. The van der Waals surface area contributed by atoms with E-state index in [0.717, 1.165) is 46.7 Å². The number of fused-ring (bicyclic) bond motifs is 1. The van der Waals surface area contributed by atoms with E-state index in [-0.39, 0.29) is 30.4 Å². The molecule has 3 aromatic rings. The number of anilines is 1. The normalized spacial score (nSPS) is 18.4. The zero-order chi connectivity index (χ0) is 24.5. The first-order valence-electron chi connectivity index (χ1n) is 12.0. The number of likely N-dealkylation sites (tertiary alicyclic amines) is 1. The minimum absolute atomic E-state index is 0.00131. The number of nitrogens with zero attached hydrogens (tertiary/aromatic N) is 4. The third-order valence-corrected chi connectivity index (χ3v) is 7.05. The van der Waals surface area contributed by atoms with Gasteiger partial charge in [0, 0.05) is 57.4 Å². The van der Waals surface area contributed by atoms with Crippen LogP contribution >= 0.6 is 0 Å². The first kappa shape index (κ1) is 23.3. The van der Waals surface area contributed by atoms with E-state index in [9.17, 15) is 14.7 Å². The summed E-state index contributed by atoms with van der Waals surface area (Å²) in [5, 5.41) is 12.9. The Morgan fingerprint density at radius 2 is 2.14 bits per heavy atom. The molecule has 2 atom stereocenters. The lowest BCUT2D eigenvalue weighted by Gasteiger charge is -2.32. The third-order valence-electron chi connectivity index (χ3n) is 7.05.